The van der Waals surface area contributed by atoms with Gasteiger partial charge in [0, 0.05) is 18.1 Å². The fourth-order valence-electron chi connectivity index (χ4n) is 1.65. The number of halogens is 1. The average molecular weight is 304 g/mol. The SMILES string of the molecule is CCOCc1nc(Cl)cc(NC2C=CS(=O)(=O)C2)n1. The molecule has 0 aliphatic carbocycles. The Morgan fingerprint density at radius 3 is 2.95 bits per heavy atom. The van der Waals surface area contributed by atoms with Crippen LogP contribution in [-0.2, 0) is 21.2 Å². The minimum Gasteiger partial charge on any atom is -0.374 e. The number of sulfone groups is 1. The number of anilines is 1. The quantitative estimate of drug-likeness (QED) is 0.828. The van der Waals surface area contributed by atoms with E-state index in [1.807, 2.05) is 6.92 Å². The van der Waals surface area contributed by atoms with Gasteiger partial charge in [-0.2, -0.15) is 0 Å². The fraction of sp³-hybridized carbons (Fsp3) is 0.455. The molecule has 1 unspecified atom stereocenters. The second-order valence-electron chi connectivity index (χ2n) is 4.04. The van der Waals surface area contributed by atoms with Crippen molar-refractivity contribution in [1.29, 1.82) is 0 Å². The van der Waals surface area contributed by atoms with Crippen LogP contribution in [0, 0.1) is 0 Å². The van der Waals surface area contributed by atoms with Crippen molar-refractivity contribution in [3.8, 4) is 0 Å². The first kappa shape index (κ1) is 14.2. The van der Waals surface area contributed by atoms with Crippen LogP contribution in [-0.4, -0.2) is 36.8 Å². The first-order valence-corrected chi connectivity index (χ1v) is 7.86. The van der Waals surface area contributed by atoms with Crippen LogP contribution in [0.5, 0.6) is 0 Å². The van der Waals surface area contributed by atoms with Gasteiger partial charge in [0.15, 0.2) is 15.7 Å². The highest BCUT2D eigenvalue weighted by Crippen LogP contribution is 2.16. The van der Waals surface area contributed by atoms with Crippen LogP contribution in [0.25, 0.3) is 0 Å². The average Bonchev–Trinajstić information content (AvgIpc) is 2.65. The highest BCUT2D eigenvalue weighted by molar-refractivity contribution is 7.94. The molecule has 0 amide bonds. The van der Waals surface area contributed by atoms with Gasteiger partial charge in [-0.3, -0.25) is 0 Å². The zero-order valence-electron chi connectivity index (χ0n) is 10.3. The molecule has 1 aromatic heterocycles. The van der Waals surface area contributed by atoms with Crippen molar-refractivity contribution in [3.63, 3.8) is 0 Å². The van der Waals surface area contributed by atoms with E-state index < -0.39 is 9.84 Å². The molecule has 8 heteroatoms. The first-order valence-electron chi connectivity index (χ1n) is 5.77. The molecule has 2 rings (SSSR count). The van der Waals surface area contributed by atoms with Gasteiger partial charge in [-0.1, -0.05) is 11.6 Å². The highest BCUT2D eigenvalue weighted by Gasteiger charge is 2.21. The lowest BCUT2D eigenvalue weighted by Gasteiger charge is -2.11. The van der Waals surface area contributed by atoms with Gasteiger partial charge in [-0.05, 0) is 13.0 Å². The van der Waals surface area contributed by atoms with Crippen molar-refractivity contribution in [3.05, 3.63) is 28.5 Å². The van der Waals surface area contributed by atoms with Crippen molar-refractivity contribution in [1.82, 2.24) is 9.97 Å². The molecule has 19 heavy (non-hydrogen) atoms. The molecule has 0 radical (unpaired) electrons. The summed E-state index contributed by atoms with van der Waals surface area (Å²) in [4.78, 5) is 8.25. The van der Waals surface area contributed by atoms with Crippen molar-refractivity contribution in [2.24, 2.45) is 0 Å². The lowest BCUT2D eigenvalue weighted by molar-refractivity contribution is 0.128. The summed E-state index contributed by atoms with van der Waals surface area (Å²) in [5, 5.41) is 4.49. The predicted molar refractivity (Wildman–Crippen MR) is 72.7 cm³/mol. The summed E-state index contributed by atoms with van der Waals surface area (Å²) in [7, 11) is -3.09. The van der Waals surface area contributed by atoms with Crippen molar-refractivity contribution >= 4 is 27.3 Å². The molecular formula is C11H14ClN3O3S. The predicted octanol–water partition coefficient (Wildman–Crippen LogP) is 1.39. The molecule has 0 bridgehead atoms. The van der Waals surface area contributed by atoms with Gasteiger partial charge < -0.3 is 10.1 Å². The van der Waals surface area contributed by atoms with E-state index in [9.17, 15) is 8.42 Å². The normalized spacial score (nSPS) is 20.6. The van der Waals surface area contributed by atoms with Gasteiger partial charge in [0.05, 0.1) is 11.8 Å². The molecule has 1 aliphatic heterocycles. The van der Waals surface area contributed by atoms with Gasteiger partial charge >= 0.3 is 0 Å². The molecular weight excluding hydrogens is 290 g/mol. The summed E-state index contributed by atoms with van der Waals surface area (Å²) in [6.07, 6.45) is 1.59. The molecule has 0 fully saturated rings. The van der Waals surface area contributed by atoms with Gasteiger partial charge in [0.1, 0.15) is 17.6 Å². The van der Waals surface area contributed by atoms with E-state index in [0.29, 0.717) is 18.2 Å². The van der Waals surface area contributed by atoms with E-state index in [0.717, 1.165) is 0 Å². The van der Waals surface area contributed by atoms with Gasteiger partial charge in [0.25, 0.3) is 0 Å². The van der Waals surface area contributed by atoms with Crippen LogP contribution in [0.1, 0.15) is 12.7 Å². The summed E-state index contributed by atoms with van der Waals surface area (Å²) >= 11 is 5.89. The molecule has 1 atom stereocenters. The minimum atomic E-state index is -3.09. The number of aromatic nitrogens is 2. The lowest BCUT2D eigenvalue weighted by Crippen LogP contribution is -2.22. The van der Waals surface area contributed by atoms with Crippen molar-refractivity contribution in [2.75, 3.05) is 17.7 Å². The van der Waals surface area contributed by atoms with Gasteiger partial charge in [0.2, 0.25) is 0 Å². The summed E-state index contributed by atoms with van der Waals surface area (Å²) in [5.41, 5.74) is 0. The van der Waals surface area contributed by atoms with Crippen molar-refractivity contribution in [2.45, 2.75) is 19.6 Å². The molecule has 0 saturated heterocycles. The summed E-state index contributed by atoms with van der Waals surface area (Å²) in [5.74, 6) is 0.971. The monoisotopic (exact) mass is 303 g/mol. The molecule has 104 valence electrons. The number of nitrogens with zero attached hydrogens (tertiary/aromatic N) is 2. The Labute approximate surface area is 116 Å². The highest BCUT2D eigenvalue weighted by atomic mass is 35.5. The smallest absolute Gasteiger partial charge is 0.173 e. The van der Waals surface area contributed by atoms with Crippen LogP contribution < -0.4 is 5.32 Å². The second kappa shape index (κ2) is 5.85. The zero-order valence-corrected chi connectivity index (χ0v) is 11.9. The second-order valence-corrected chi connectivity index (χ2v) is 6.36. The summed E-state index contributed by atoms with van der Waals surface area (Å²) in [6, 6.07) is 1.26. The number of hydrogen-bond acceptors (Lipinski definition) is 6. The Bertz CT molecular complexity index is 589. The number of hydrogen-bond donors (Lipinski definition) is 1. The summed E-state index contributed by atoms with van der Waals surface area (Å²) in [6.45, 7) is 2.70. The van der Waals surface area contributed by atoms with Gasteiger partial charge in [-0.15, -0.1) is 0 Å². The molecule has 1 N–H and O–H groups in total. The summed E-state index contributed by atoms with van der Waals surface area (Å²) < 4.78 is 27.8. The standard InChI is InChI=1S/C11H14ClN3O3S/c1-2-18-6-11-14-9(12)5-10(15-11)13-8-3-4-19(16,17)7-8/h3-5,8H,2,6-7H2,1H3,(H,13,14,15). The van der Waals surface area contributed by atoms with Crippen LogP contribution in [0.3, 0.4) is 0 Å². The Morgan fingerprint density at radius 2 is 2.32 bits per heavy atom. The number of rotatable bonds is 5. The molecule has 6 nitrogen and oxygen atoms in total. The topological polar surface area (TPSA) is 81.2 Å². The number of ether oxygens (including phenoxy) is 1. The lowest BCUT2D eigenvalue weighted by atomic mass is 10.3. The molecule has 2 heterocycles. The molecule has 0 aromatic carbocycles. The van der Waals surface area contributed by atoms with Crippen LogP contribution in [0.15, 0.2) is 17.6 Å². The third-order valence-electron chi connectivity index (χ3n) is 2.44. The minimum absolute atomic E-state index is 0.0232. The van der Waals surface area contributed by atoms with Crippen LogP contribution in [0.2, 0.25) is 5.15 Å². The molecule has 1 aromatic rings. The van der Waals surface area contributed by atoms with E-state index in [1.165, 1.54) is 5.41 Å². The van der Waals surface area contributed by atoms with Gasteiger partial charge in [-0.25, -0.2) is 18.4 Å². The van der Waals surface area contributed by atoms with Crippen LogP contribution in [0.4, 0.5) is 5.82 Å². The van der Waals surface area contributed by atoms with E-state index in [2.05, 4.69) is 15.3 Å². The third kappa shape index (κ3) is 4.15. The Balaban J connectivity index is 2.08. The Kier molecular flexibility index (Phi) is 4.38. The van der Waals surface area contributed by atoms with E-state index in [4.69, 9.17) is 16.3 Å². The fourth-order valence-corrected chi connectivity index (χ4v) is 3.09. The maximum absolute atomic E-state index is 11.3. The molecule has 1 aliphatic rings. The van der Waals surface area contributed by atoms with E-state index in [-0.39, 0.29) is 23.6 Å². The van der Waals surface area contributed by atoms with Crippen LogP contribution >= 0.6 is 11.6 Å². The third-order valence-corrected chi connectivity index (χ3v) is 4.03. The largest absolute Gasteiger partial charge is 0.374 e. The Morgan fingerprint density at radius 1 is 1.53 bits per heavy atom. The molecule has 0 saturated carbocycles. The van der Waals surface area contributed by atoms with Crippen molar-refractivity contribution < 1.29 is 13.2 Å². The first-order chi connectivity index (χ1) is 8.98. The van der Waals surface area contributed by atoms with E-state index in [1.54, 1.807) is 12.1 Å². The molecule has 0 spiro atoms. The van der Waals surface area contributed by atoms with E-state index >= 15 is 0 Å². The maximum Gasteiger partial charge on any atom is 0.173 e. The number of nitrogens with one attached hydrogen (secondary N) is 1. The Hall–Kier alpha value is -1.18. The zero-order chi connectivity index (χ0) is 13.9. The maximum atomic E-state index is 11.3.